The molecule has 2 aromatic carbocycles. The van der Waals surface area contributed by atoms with Crippen molar-refractivity contribution in [3.8, 4) is 17.2 Å². The number of methoxy groups -OCH3 is 3. The fourth-order valence-corrected chi connectivity index (χ4v) is 3.21. The minimum absolute atomic E-state index is 0.0265. The molecule has 0 aliphatic carbocycles. The van der Waals surface area contributed by atoms with Crippen LogP contribution in [0.4, 0.5) is 0 Å². The normalized spacial score (nSPS) is 10.6. The molecule has 1 heterocycles. The van der Waals surface area contributed by atoms with Crippen LogP contribution >= 0.6 is 0 Å². The predicted molar refractivity (Wildman–Crippen MR) is 112 cm³/mol. The molecule has 3 aromatic rings. The first-order valence-corrected chi connectivity index (χ1v) is 9.64. The van der Waals surface area contributed by atoms with Gasteiger partial charge < -0.3 is 28.1 Å². The van der Waals surface area contributed by atoms with Crippen molar-refractivity contribution in [2.75, 3.05) is 27.9 Å². The van der Waals surface area contributed by atoms with E-state index in [2.05, 4.69) is 0 Å². The highest BCUT2D eigenvalue weighted by atomic mass is 16.6. The van der Waals surface area contributed by atoms with Gasteiger partial charge in [-0.05, 0) is 30.7 Å². The second-order valence-electron chi connectivity index (χ2n) is 6.50. The molecule has 0 spiro atoms. The summed E-state index contributed by atoms with van der Waals surface area (Å²) in [5.41, 5.74) is 1.61. The summed E-state index contributed by atoms with van der Waals surface area (Å²) in [6, 6.07) is 10.5. The third-order valence-corrected chi connectivity index (χ3v) is 4.61. The standard InChI is InChI=1S/C23H24O8/c1-5-29-23(25)21-16(15-8-6-7-9-17(15)31-21)13-30-20(24)12-14-10-18(26-2)22(28-4)19(11-14)27-3/h6-11H,5,12-13H2,1-4H3. The summed E-state index contributed by atoms with van der Waals surface area (Å²) in [7, 11) is 4.51. The second-order valence-corrected chi connectivity index (χ2v) is 6.50. The Balaban J connectivity index is 1.79. The first-order valence-electron chi connectivity index (χ1n) is 9.64. The van der Waals surface area contributed by atoms with Crippen LogP contribution in [0.5, 0.6) is 17.2 Å². The highest BCUT2D eigenvalue weighted by Gasteiger charge is 2.23. The van der Waals surface area contributed by atoms with Crippen molar-refractivity contribution in [1.29, 1.82) is 0 Å². The maximum Gasteiger partial charge on any atom is 0.374 e. The number of ether oxygens (including phenoxy) is 5. The third-order valence-electron chi connectivity index (χ3n) is 4.61. The second kappa shape index (κ2) is 9.88. The van der Waals surface area contributed by atoms with Gasteiger partial charge in [0.2, 0.25) is 11.5 Å². The first-order chi connectivity index (χ1) is 15.0. The van der Waals surface area contributed by atoms with Gasteiger partial charge in [0.05, 0.1) is 39.9 Å². The van der Waals surface area contributed by atoms with E-state index in [0.29, 0.717) is 39.3 Å². The molecule has 0 aliphatic heterocycles. The molecule has 0 bridgehead atoms. The van der Waals surface area contributed by atoms with Crippen molar-refractivity contribution in [2.24, 2.45) is 0 Å². The smallest absolute Gasteiger partial charge is 0.374 e. The number of carbonyl (C=O) groups is 2. The van der Waals surface area contributed by atoms with Gasteiger partial charge in [-0.3, -0.25) is 4.79 Å². The van der Waals surface area contributed by atoms with E-state index in [1.807, 2.05) is 6.07 Å². The molecule has 31 heavy (non-hydrogen) atoms. The van der Waals surface area contributed by atoms with Gasteiger partial charge in [-0.1, -0.05) is 18.2 Å². The van der Waals surface area contributed by atoms with Crippen LogP contribution in [0.3, 0.4) is 0 Å². The molecule has 0 fully saturated rings. The van der Waals surface area contributed by atoms with Crippen LogP contribution in [-0.2, 0) is 27.3 Å². The van der Waals surface area contributed by atoms with Gasteiger partial charge in [0, 0.05) is 5.39 Å². The van der Waals surface area contributed by atoms with E-state index in [0.717, 1.165) is 0 Å². The lowest BCUT2D eigenvalue weighted by Crippen LogP contribution is -2.11. The lowest BCUT2D eigenvalue weighted by Gasteiger charge is -2.14. The Labute approximate surface area is 179 Å². The molecule has 8 nitrogen and oxygen atoms in total. The minimum Gasteiger partial charge on any atom is -0.493 e. The molecule has 0 saturated heterocycles. The predicted octanol–water partition coefficient (Wildman–Crippen LogP) is 3.92. The van der Waals surface area contributed by atoms with Crippen LogP contribution in [0.1, 0.15) is 28.6 Å². The van der Waals surface area contributed by atoms with E-state index < -0.39 is 11.9 Å². The summed E-state index contributed by atoms with van der Waals surface area (Å²) in [5, 5.41) is 0.686. The van der Waals surface area contributed by atoms with E-state index in [-0.39, 0.29) is 25.4 Å². The van der Waals surface area contributed by atoms with Gasteiger partial charge in [-0.15, -0.1) is 0 Å². The summed E-state index contributed by atoms with van der Waals surface area (Å²) in [5.74, 6) is 0.253. The topological polar surface area (TPSA) is 93.4 Å². The Kier molecular flexibility index (Phi) is 7.02. The van der Waals surface area contributed by atoms with Crippen LogP contribution in [0, 0.1) is 0 Å². The Morgan fingerprint density at radius 1 is 0.935 bits per heavy atom. The number of benzene rings is 2. The molecule has 0 N–H and O–H groups in total. The minimum atomic E-state index is -0.602. The summed E-state index contributed by atoms with van der Waals surface area (Å²) in [6.07, 6.45) is -0.0265. The van der Waals surface area contributed by atoms with Crippen LogP contribution in [0.25, 0.3) is 11.0 Å². The quantitative estimate of drug-likeness (QED) is 0.474. The Hall–Kier alpha value is -3.68. The number of rotatable bonds is 9. The van der Waals surface area contributed by atoms with E-state index in [9.17, 15) is 9.59 Å². The SMILES string of the molecule is CCOC(=O)c1oc2ccccc2c1COC(=O)Cc1cc(OC)c(OC)c(OC)c1. The molecule has 8 heteroatoms. The molecule has 1 aromatic heterocycles. The lowest BCUT2D eigenvalue weighted by atomic mass is 10.1. The van der Waals surface area contributed by atoms with Crippen LogP contribution in [-0.4, -0.2) is 39.9 Å². The number of carbonyl (C=O) groups excluding carboxylic acids is 2. The van der Waals surface area contributed by atoms with Gasteiger partial charge in [-0.2, -0.15) is 0 Å². The van der Waals surface area contributed by atoms with E-state index in [1.54, 1.807) is 37.3 Å². The number of hydrogen-bond donors (Lipinski definition) is 0. The highest BCUT2D eigenvalue weighted by molar-refractivity contribution is 5.96. The maximum atomic E-state index is 12.5. The van der Waals surface area contributed by atoms with Gasteiger partial charge in [0.1, 0.15) is 12.2 Å². The maximum absolute atomic E-state index is 12.5. The molecular weight excluding hydrogens is 404 g/mol. The average Bonchev–Trinajstić information content (AvgIpc) is 3.15. The molecule has 3 rings (SSSR count). The van der Waals surface area contributed by atoms with Crippen molar-refractivity contribution in [2.45, 2.75) is 20.0 Å². The van der Waals surface area contributed by atoms with E-state index in [1.165, 1.54) is 21.3 Å². The number of para-hydroxylation sites is 1. The van der Waals surface area contributed by atoms with E-state index >= 15 is 0 Å². The zero-order chi connectivity index (χ0) is 22.4. The molecule has 0 saturated carbocycles. The van der Waals surface area contributed by atoms with Crippen LogP contribution < -0.4 is 14.2 Å². The summed E-state index contributed by atoms with van der Waals surface area (Å²) in [4.78, 5) is 24.8. The van der Waals surface area contributed by atoms with Gasteiger partial charge in [0.25, 0.3) is 0 Å². The number of esters is 2. The van der Waals surface area contributed by atoms with Gasteiger partial charge in [-0.25, -0.2) is 4.79 Å². The molecule has 0 aliphatic rings. The Morgan fingerprint density at radius 2 is 1.61 bits per heavy atom. The van der Waals surface area contributed by atoms with Crippen molar-refractivity contribution in [3.63, 3.8) is 0 Å². The van der Waals surface area contributed by atoms with Crippen LogP contribution in [0.15, 0.2) is 40.8 Å². The monoisotopic (exact) mass is 428 g/mol. The summed E-state index contributed by atoms with van der Waals surface area (Å²) < 4.78 is 32.1. The first kappa shape index (κ1) is 22.0. The average molecular weight is 428 g/mol. The zero-order valence-electron chi connectivity index (χ0n) is 17.9. The van der Waals surface area contributed by atoms with Gasteiger partial charge >= 0.3 is 11.9 Å². The number of fused-ring (bicyclic) bond motifs is 1. The number of hydrogen-bond acceptors (Lipinski definition) is 8. The van der Waals surface area contributed by atoms with E-state index in [4.69, 9.17) is 28.1 Å². The lowest BCUT2D eigenvalue weighted by molar-refractivity contribution is -0.144. The molecule has 164 valence electrons. The zero-order valence-corrected chi connectivity index (χ0v) is 17.9. The Bertz CT molecular complexity index is 1060. The van der Waals surface area contributed by atoms with Crippen molar-refractivity contribution in [1.82, 2.24) is 0 Å². The highest BCUT2D eigenvalue weighted by Crippen LogP contribution is 2.38. The van der Waals surface area contributed by atoms with Crippen molar-refractivity contribution < 1.29 is 37.7 Å². The summed E-state index contributed by atoms with van der Waals surface area (Å²) in [6.45, 7) is 1.78. The fraction of sp³-hybridized carbons (Fsp3) is 0.304. The molecule has 0 amide bonds. The fourth-order valence-electron chi connectivity index (χ4n) is 3.21. The number of furan rings is 1. The third kappa shape index (κ3) is 4.74. The van der Waals surface area contributed by atoms with Gasteiger partial charge in [0.15, 0.2) is 11.5 Å². The molecule has 0 unspecified atom stereocenters. The molecular formula is C23H24O8. The largest absolute Gasteiger partial charge is 0.493 e. The summed E-state index contributed by atoms with van der Waals surface area (Å²) >= 11 is 0. The Morgan fingerprint density at radius 3 is 2.23 bits per heavy atom. The van der Waals surface area contributed by atoms with Crippen LogP contribution in [0.2, 0.25) is 0 Å². The van der Waals surface area contributed by atoms with Crippen molar-refractivity contribution in [3.05, 3.63) is 53.3 Å². The molecule has 0 atom stereocenters. The van der Waals surface area contributed by atoms with Crippen molar-refractivity contribution >= 4 is 22.9 Å². The molecule has 0 radical (unpaired) electrons.